The fourth-order valence-corrected chi connectivity index (χ4v) is 4.30. The summed E-state index contributed by atoms with van der Waals surface area (Å²) < 4.78 is 14.4. The van der Waals surface area contributed by atoms with Crippen LogP contribution in [0.3, 0.4) is 0 Å². The second kappa shape index (κ2) is 13.9. The molecule has 0 saturated carbocycles. The Morgan fingerprint density at radius 1 is 0.612 bits per heavy atom. The standard InChI is InChI=1S/C31H22N10O8/c42-28(22-5-7-26(38-36-22)40-11-9-32-15-40)34-24-13-18(1-3-20(24)30(44)45)48-17-49-19-2-4-21(31(46)47)25(14-19)35-29(43)23-6-8-27(39-37-23)41-12-10-33-16-41/h1-16H,17H2,(H,34,42)(H,35,43)(H,44,45)(H,46,47). The van der Waals surface area contributed by atoms with Crippen molar-refractivity contribution in [3.05, 3.63) is 121 Å². The molecule has 6 rings (SSSR count). The lowest BCUT2D eigenvalue weighted by atomic mass is 10.1. The molecule has 0 radical (unpaired) electrons. The highest BCUT2D eigenvalue weighted by molar-refractivity contribution is 6.07. The van der Waals surface area contributed by atoms with Crippen molar-refractivity contribution in [1.29, 1.82) is 0 Å². The van der Waals surface area contributed by atoms with Crippen molar-refractivity contribution in [2.75, 3.05) is 17.4 Å². The second-order valence-electron chi connectivity index (χ2n) is 9.83. The largest absolute Gasteiger partial charge is 0.478 e. The van der Waals surface area contributed by atoms with Crippen LogP contribution in [0.25, 0.3) is 11.6 Å². The second-order valence-corrected chi connectivity index (χ2v) is 9.83. The Hall–Kier alpha value is -7.50. The first-order chi connectivity index (χ1) is 23.7. The van der Waals surface area contributed by atoms with Gasteiger partial charge in [-0.2, -0.15) is 0 Å². The molecule has 0 atom stereocenters. The number of ether oxygens (including phenoxy) is 2. The molecule has 18 nitrogen and oxygen atoms in total. The molecule has 0 fully saturated rings. The number of benzene rings is 2. The zero-order valence-corrected chi connectivity index (χ0v) is 24.9. The molecule has 2 amide bonds. The van der Waals surface area contributed by atoms with E-state index < -0.39 is 30.5 Å². The van der Waals surface area contributed by atoms with Crippen molar-refractivity contribution in [2.24, 2.45) is 0 Å². The Morgan fingerprint density at radius 3 is 1.41 bits per heavy atom. The van der Waals surface area contributed by atoms with E-state index in [2.05, 4.69) is 41.0 Å². The smallest absolute Gasteiger partial charge is 0.337 e. The van der Waals surface area contributed by atoms with Crippen LogP contribution < -0.4 is 20.1 Å². The summed E-state index contributed by atoms with van der Waals surface area (Å²) in [6, 6.07) is 13.7. The van der Waals surface area contributed by atoms with Gasteiger partial charge >= 0.3 is 11.9 Å². The van der Waals surface area contributed by atoms with Crippen molar-refractivity contribution < 1.29 is 38.9 Å². The van der Waals surface area contributed by atoms with Gasteiger partial charge in [-0.25, -0.2) is 19.6 Å². The number of carboxylic acids is 2. The number of aromatic carboxylic acids is 2. The maximum absolute atomic E-state index is 12.9. The van der Waals surface area contributed by atoms with Crippen LogP contribution >= 0.6 is 0 Å². The summed E-state index contributed by atoms with van der Waals surface area (Å²) in [5.74, 6) is -2.91. The summed E-state index contributed by atoms with van der Waals surface area (Å²) in [6.45, 7) is -0.415. The van der Waals surface area contributed by atoms with E-state index in [-0.39, 0.29) is 45.4 Å². The molecule has 0 aliphatic carbocycles. The highest BCUT2D eigenvalue weighted by Gasteiger charge is 2.18. The van der Waals surface area contributed by atoms with Gasteiger partial charge in [-0.1, -0.05) is 0 Å². The minimum absolute atomic E-state index is 0.0684. The van der Waals surface area contributed by atoms with E-state index >= 15 is 0 Å². The van der Waals surface area contributed by atoms with Crippen molar-refractivity contribution in [2.45, 2.75) is 0 Å². The number of nitrogens with one attached hydrogen (secondary N) is 2. The molecule has 4 heterocycles. The van der Waals surface area contributed by atoms with Crippen LogP contribution in [0.5, 0.6) is 11.5 Å². The van der Waals surface area contributed by atoms with Crippen LogP contribution in [0.15, 0.2) is 98.1 Å². The number of carboxylic acid groups (broad SMARTS) is 2. The number of rotatable bonds is 12. The van der Waals surface area contributed by atoms with E-state index in [1.54, 1.807) is 46.1 Å². The normalized spacial score (nSPS) is 10.6. The molecule has 0 aliphatic heterocycles. The lowest BCUT2D eigenvalue weighted by molar-refractivity contribution is 0.0687. The van der Waals surface area contributed by atoms with Crippen LogP contribution in [0.4, 0.5) is 11.4 Å². The fraction of sp³-hybridized carbons (Fsp3) is 0.0323. The van der Waals surface area contributed by atoms with E-state index in [9.17, 15) is 29.4 Å². The van der Waals surface area contributed by atoms with Gasteiger partial charge in [0.25, 0.3) is 11.8 Å². The van der Waals surface area contributed by atoms with E-state index in [0.717, 1.165) is 0 Å². The number of nitrogens with zero attached hydrogens (tertiary/aromatic N) is 8. The van der Waals surface area contributed by atoms with E-state index in [1.807, 2.05) is 0 Å². The molecule has 244 valence electrons. The van der Waals surface area contributed by atoms with Gasteiger partial charge in [-0.3, -0.25) is 18.7 Å². The van der Waals surface area contributed by atoms with Gasteiger partial charge in [-0.15, -0.1) is 20.4 Å². The number of carbonyl (C=O) groups excluding carboxylic acids is 2. The van der Waals surface area contributed by atoms with Crippen LogP contribution in [0.1, 0.15) is 41.7 Å². The number of amides is 2. The Bertz CT molecular complexity index is 1980. The van der Waals surface area contributed by atoms with Gasteiger partial charge in [0.15, 0.2) is 23.0 Å². The first-order valence-electron chi connectivity index (χ1n) is 14.0. The Labute approximate surface area is 274 Å². The van der Waals surface area contributed by atoms with Crippen molar-refractivity contribution in [1.82, 2.24) is 39.5 Å². The number of imidazole rings is 2. The van der Waals surface area contributed by atoms with Gasteiger partial charge in [0.2, 0.25) is 6.79 Å². The zero-order chi connectivity index (χ0) is 34.3. The van der Waals surface area contributed by atoms with Crippen LogP contribution in [-0.2, 0) is 0 Å². The number of aromatic nitrogens is 8. The summed E-state index contributed by atoms with van der Waals surface area (Å²) >= 11 is 0. The molecule has 4 aromatic heterocycles. The zero-order valence-electron chi connectivity index (χ0n) is 24.9. The molecule has 0 saturated heterocycles. The van der Waals surface area contributed by atoms with E-state index in [1.165, 1.54) is 61.2 Å². The molecule has 0 aliphatic rings. The minimum Gasteiger partial charge on any atom is -0.478 e. The molecular formula is C31H22N10O8. The third kappa shape index (κ3) is 7.33. The highest BCUT2D eigenvalue weighted by Crippen LogP contribution is 2.26. The highest BCUT2D eigenvalue weighted by atomic mass is 16.7. The van der Waals surface area contributed by atoms with Gasteiger partial charge in [0, 0.05) is 36.9 Å². The summed E-state index contributed by atoms with van der Waals surface area (Å²) in [5.41, 5.74) is -0.715. The molecule has 6 aromatic rings. The van der Waals surface area contributed by atoms with Gasteiger partial charge in [0.05, 0.1) is 22.5 Å². The number of hydrogen-bond acceptors (Lipinski definition) is 12. The molecule has 0 spiro atoms. The number of carbonyl (C=O) groups is 4. The Balaban J connectivity index is 1.11. The van der Waals surface area contributed by atoms with Crippen molar-refractivity contribution in [3.63, 3.8) is 0 Å². The first kappa shape index (κ1) is 31.5. The number of hydrogen-bond donors (Lipinski definition) is 4. The third-order valence-corrected chi connectivity index (χ3v) is 6.69. The Morgan fingerprint density at radius 2 is 1.06 bits per heavy atom. The van der Waals surface area contributed by atoms with Crippen LogP contribution in [0.2, 0.25) is 0 Å². The molecular weight excluding hydrogens is 640 g/mol. The maximum Gasteiger partial charge on any atom is 0.337 e. The third-order valence-electron chi connectivity index (χ3n) is 6.69. The lowest BCUT2D eigenvalue weighted by Gasteiger charge is -2.14. The maximum atomic E-state index is 12.9. The molecule has 0 unspecified atom stereocenters. The van der Waals surface area contributed by atoms with Gasteiger partial charge in [-0.05, 0) is 48.5 Å². The summed E-state index contributed by atoms with van der Waals surface area (Å²) in [7, 11) is 0. The summed E-state index contributed by atoms with van der Waals surface area (Å²) in [5, 5.41) is 40.1. The summed E-state index contributed by atoms with van der Waals surface area (Å²) in [6.07, 6.45) is 9.46. The predicted molar refractivity (Wildman–Crippen MR) is 167 cm³/mol. The van der Waals surface area contributed by atoms with Crippen molar-refractivity contribution >= 4 is 35.1 Å². The molecule has 49 heavy (non-hydrogen) atoms. The van der Waals surface area contributed by atoms with Crippen LogP contribution in [-0.4, -0.2) is 80.3 Å². The summed E-state index contributed by atoms with van der Waals surface area (Å²) in [4.78, 5) is 57.2. The van der Waals surface area contributed by atoms with E-state index in [0.29, 0.717) is 11.6 Å². The quantitative estimate of drug-likeness (QED) is 0.138. The van der Waals surface area contributed by atoms with Crippen LogP contribution in [0, 0.1) is 0 Å². The lowest BCUT2D eigenvalue weighted by Crippen LogP contribution is -2.17. The average Bonchev–Trinajstić information content (AvgIpc) is 3.84. The Kier molecular flexibility index (Phi) is 8.91. The fourth-order valence-electron chi connectivity index (χ4n) is 4.30. The molecule has 2 aromatic carbocycles. The molecule has 4 N–H and O–H groups in total. The minimum atomic E-state index is -1.30. The predicted octanol–water partition coefficient (Wildman–Crippen LogP) is 2.95. The topological polar surface area (TPSA) is 238 Å². The molecule has 18 heteroatoms. The molecule has 0 bridgehead atoms. The van der Waals surface area contributed by atoms with Gasteiger partial charge in [0.1, 0.15) is 24.2 Å². The SMILES string of the molecule is O=C(Nc1cc(OCOc2ccc(C(=O)O)c(NC(=O)c3ccc(-n4ccnc4)nn3)c2)ccc1C(=O)O)c1ccc(-n2ccnc2)nn1. The first-order valence-corrected chi connectivity index (χ1v) is 14.0. The number of anilines is 2. The average molecular weight is 663 g/mol. The van der Waals surface area contributed by atoms with Crippen molar-refractivity contribution in [3.8, 4) is 23.1 Å². The van der Waals surface area contributed by atoms with E-state index in [4.69, 9.17) is 9.47 Å². The van der Waals surface area contributed by atoms with Gasteiger partial charge < -0.3 is 30.3 Å². The monoisotopic (exact) mass is 662 g/mol.